The molecule has 4 rings (SSSR count). The van der Waals surface area contributed by atoms with Crippen LogP contribution in [-0.4, -0.2) is 33.1 Å². The Hall–Kier alpha value is -3.76. The van der Waals surface area contributed by atoms with Gasteiger partial charge in [-0.3, -0.25) is 4.79 Å². The SMILES string of the molecule is CC(C)Oc1cc(OCc2csc(-c3cccs3)n2)cc(C(=O)Nc2ccc(C(=O)O)cn2)c1. The molecular weight excluding hydrogens is 474 g/mol. The number of carbonyl (C=O) groups is 2. The van der Waals surface area contributed by atoms with E-state index in [2.05, 4.69) is 15.3 Å². The van der Waals surface area contributed by atoms with Crippen molar-refractivity contribution in [1.82, 2.24) is 9.97 Å². The van der Waals surface area contributed by atoms with Crippen molar-refractivity contribution in [3.05, 3.63) is 76.2 Å². The molecule has 2 N–H and O–H groups in total. The number of thiazole rings is 1. The number of carboxylic acids is 1. The van der Waals surface area contributed by atoms with E-state index in [0.717, 1.165) is 15.6 Å². The molecule has 1 aromatic carbocycles. The Morgan fingerprint density at radius 3 is 2.59 bits per heavy atom. The number of ether oxygens (including phenoxy) is 2. The van der Waals surface area contributed by atoms with Gasteiger partial charge in [0, 0.05) is 23.2 Å². The summed E-state index contributed by atoms with van der Waals surface area (Å²) in [6, 6.07) is 11.8. The number of pyridine rings is 1. The van der Waals surface area contributed by atoms with Gasteiger partial charge in [-0.15, -0.1) is 22.7 Å². The summed E-state index contributed by atoms with van der Waals surface area (Å²) in [5.41, 5.74) is 1.14. The number of rotatable bonds is 9. The zero-order valence-electron chi connectivity index (χ0n) is 18.3. The van der Waals surface area contributed by atoms with E-state index in [4.69, 9.17) is 14.6 Å². The highest BCUT2D eigenvalue weighted by Crippen LogP contribution is 2.29. The largest absolute Gasteiger partial charge is 0.491 e. The molecule has 8 nitrogen and oxygen atoms in total. The van der Waals surface area contributed by atoms with Crippen LogP contribution in [0.2, 0.25) is 0 Å². The number of carboxylic acid groups (broad SMARTS) is 1. The van der Waals surface area contributed by atoms with Crippen molar-refractivity contribution < 1.29 is 24.2 Å². The van der Waals surface area contributed by atoms with Gasteiger partial charge in [0.05, 0.1) is 22.2 Å². The van der Waals surface area contributed by atoms with Gasteiger partial charge >= 0.3 is 5.97 Å². The number of aromatic nitrogens is 2. The molecule has 0 aliphatic rings. The molecule has 10 heteroatoms. The number of amides is 1. The van der Waals surface area contributed by atoms with E-state index in [9.17, 15) is 9.59 Å². The molecule has 0 saturated heterocycles. The highest BCUT2D eigenvalue weighted by atomic mass is 32.1. The van der Waals surface area contributed by atoms with Crippen molar-refractivity contribution in [3.63, 3.8) is 0 Å². The maximum Gasteiger partial charge on any atom is 0.337 e. The summed E-state index contributed by atoms with van der Waals surface area (Å²) in [6.07, 6.45) is 1.09. The summed E-state index contributed by atoms with van der Waals surface area (Å²) in [5.74, 6) is -0.333. The number of carbonyl (C=O) groups excluding carboxylic acids is 1. The Balaban J connectivity index is 1.49. The topological polar surface area (TPSA) is 111 Å². The smallest absolute Gasteiger partial charge is 0.337 e. The number of aromatic carboxylic acids is 1. The first-order chi connectivity index (χ1) is 16.4. The lowest BCUT2D eigenvalue weighted by molar-refractivity contribution is 0.0696. The van der Waals surface area contributed by atoms with Crippen LogP contribution in [0.15, 0.2) is 59.4 Å². The van der Waals surface area contributed by atoms with Crippen LogP contribution in [0.25, 0.3) is 9.88 Å². The lowest BCUT2D eigenvalue weighted by Gasteiger charge is -2.14. The normalized spacial score (nSPS) is 10.8. The van der Waals surface area contributed by atoms with E-state index in [1.165, 1.54) is 18.3 Å². The van der Waals surface area contributed by atoms with E-state index in [1.54, 1.807) is 40.9 Å². The Bertz CT molecular complexity index is 1280. The summed E-state index contributed by atoms with van der Waals surface area (Å²) < 4.78 is 11.7. The van der Waals surface area contributed by atoms with Gasteiger partial charge in [-0.1, -0.05) is 6.07 Å². The van der Waals surface area contributed by atoms with Gasteiger partial charge in [-0.25, -0.2) is 14.8 Å². The third-order valence-electron chi connectivity index (χ3n) is 4.44. The summed E-state index contributed by atoms with van der Waals surface area (Å²) in [5, 5.41) is 16.5. The Kier molecular flexibility index (Phi) is 7.19. The van der Waals surface area contributed by atoms with E-state index in [0.29, 0.717) is 17.1 Å². The number of benzene rings is 1. The van der Waals surface area contributed by atoms with Crippen molar-refractivity contribution in [1.29, 1.82) is 0 Å². The summed E-state index contributed by atoms with van der Waals surface area (Å²) in [6.45, 7) is 4.03. The standard InChI is InChI=1S/C24H21N3O5S2/c1-14(2)32-19-9-16(22(28)27-21-6-5-15(11-25-21)24(29)30)8-18(10-19)31-12-17-13-34-23(26-17)20-4-3-7-33-20/h3-11,13-14H,12H2,1-2H3,(H,29,30)(H,25,27,28). The molecular formula is C24H21N3O5S2. The van der Waals surface area contributed by atoms with Crippen molar-refractivity contribution in [2.24, 2.45) is 0 Å². The average molecular weight is 496 g/mol. The zero-order valence-corrected chi connectivity index (χ0v) is 20.0. The molecule has 0 unspecified atom stereocenters. The second-order valence-corrected chi connectivity index (χ2v) is 9.27. The summed E-state index contributed by atoms with van der Waals surface area (Å²) in [4.78, 5) is 33.5. The van der Waals surface area contributed by atoms with Gasteiger partial charge in [-0.2, -0.15) is 0 Å². The minimum Gasteiger partial charge on any atom is -0.491 e. The number of nitrogens with one attached hydrogen (secondary N) is 1. The van der Waals surface area contributed by atoms with E-state index < -0.39 is 11.9 Å². The fraction of sp³-hybridized carbons (Fsp3) is 0.167. The first kappa shape index (κ1) is 23.4. The first-order valence-electron chi connectivity index (χ1n) is 10.3. The molecule has 0 bridgehead atoms. The number of thiophene rings is 1. The van der Waals surface area contributed by atoms with E-state index >= 15 is 0 Å². The molecule has 4 aromatic rings. The molecule has 3 aromatic heterocycles. The van der Waals surface area contributed by atoms with Crippen LogP contribution in [0.5, 0.6) is 11.5 Å². The van der Waals surface area contributed by atoms with Crippen molar-refractivity contribution in [2.45, 2.75) is 26.6 Å². The Labute approximate surface area is 203 Å². The van der Waals surface area contributed by atoms with Crippen LogP contribution in [0.4, 0.5) is 5.82 Å². The Morgan fingerprint density at radius 1 is 1.09 bits per heavy atom. The molecule has 0 fully saturated rings. The molecule has 0 saturated carbocycles. The third kappa shape index (κ3) is 5.97. The number of hydrogen-bond acceptors (Lipinski definition) is 8. The maximum atomic E-state index is 12.8. The lowest BCUT2D eigenvalue weighted by atomic mass is 10.2. The molecule has 0 aliphatic heterocycles. The van der Waals surface area contributed by atoms with Crippen LogP contribution < -0.4 is 14.8 Å². The van der Waals surface area contributed by atoms with Gasteiger partial charge in [0.15, 0.2) is 0 Å². The predicted octanol–water partition coefficient (Wildman–Crippen LogP) is 5.58. The fourth-order valence-corrected chi connectivity index (χ4v) is 4.57. The molecule has 3 heterocycles. The highest BCUT2D eigenvalue weighted by molar-refractivity contribution is 7.20. The second-order valence-electron chi connectivity index (χ2n) is 7.46. The zero-order chi connectivity index (χ0) is 24.1. The maximum absolute atomic E-state index is 12.8. The lowest BCUT2D eigenvalue weighted by Crippen LogP contribution is -2.14. The number of anilines is 1. The van der Waals surface area contributed by atoms with Crippen molar-refractivity contribution in [2.75, 3.05) is 5.32 Å². The minimum atomic E-state index is -1.09. The number of hydrogen-bond donors (Lipinski definition) is 2. The van der Waals surface area contributed by atoms with Gasteiger partial charge in [0.1, 0.15) is 28.9 Å². The van der Waals surface area contributed by atoms with Crippen LogP contribution in [0.3, 0.4) is 0 Å². The van der Waals surface area contributed by atoms with E-state index in [-0.39, 0.29) is 24.1 Å². The second kappa shape index (κ2) is 10.4. The highest BCUT2D eigenvalue weighted by Gasteiger charge is 2.14. The minimum absolute atomic E-state index is 0.0327. The van der Waals surface area contributed by atoms with Crippen LogP contribution in [0, 0.1) is 0 Å². The monoisotopic (exact) mass is 495 g/mol. The molecule has 0 spiro atoms. The Morgan fingerprint density at radius 2 is 1.91 bits per heavy atom. The molecule has 34 heavy (non-hydrogen) atoms. The molecule has 0 aliphatic carbocycles. The van der Waals surface area contributed by atoms with Crippen molar-refractivity contribution in [3.8, 4) is 21.4 Å². The van der Waals surface area contributed by atoms with Gasteiger partial charge in [-0.05, 0) is 49.6 Å². The average Bonchev–Trinajstić information content (AvgIpc) is 3.49. The van der Waals surface area contributed by atoms with Gasteiger partial charge in [0.25, 0.3) is 5.91 Å². The molecule has 0 radical (unpaired) electrons. The van der Waals surface area contributed by atoms with Crippen molar-refractivity contribution >= 4 is 40.4 Å². The van der Waals surface area contributed by atoms with Crippen LogP contribution in [0.1, 0.15) is 40.3 Å². The van der Waals surface area contributed by atoms with E-state index in [1.807, 2.05) is 36.7 Å². The van der Waals surface area contributed by atoms with Crippen LogP contribution in [-0.2, 0) is 6.61 Å². The van der Waals surface area contributed by atoms with Gasteiger partial charge in [0.2, 0.25) is 0 Å². The molecule has 1 amide bonds. The van der Waals surface area contributed by atoms with Crippen LogP contribution >= 0.6 is 22.7 Å². The molecule has 0 atom stereocenters. The first-order valence-corrected chi connectivity index (χ1v) is 12.1. The summed E-state index contributed by atoms with van der Waals surface area (Å²) in [7, 11) is 0. The molecule has 174 valence electrons. The number of nitrogens with zero attached hydrogens (tertiary/aromatic N) is 2. The van der Waals surface area contributed by atoms with Gasteiger partial charge < -0.3 is 19.9 Å². The fourth-order valence-electron chi connectivity index (χ4n) is 2.95. The summed E-state index contributed by atoms with van der Waals surface area (Å²) >= 11 is 3.18. The predicted molar refractivity (Wildman–Crippen MR) is 131 cm³/mol. The quantitative estimate of drug-likeness (QED) is 0.312. The third-order valence-corrected chi connectivity index (χ3v) is 6.37.